The maximum Gasteiger partial charge on any atom is 0.401 e. The first kappa shape index (κ1) is 16.6. The molecule has 1 aliphatic carbocycles. The quantitative estimate of drug-likeness (QED) is 0.853. The summed E-state index contributed by atoms with van der Waals surface area (Å²) in [5, 5.41) is 0.566. The highest BCUT2D eigenvalue weighted by atomic mass is 35.5. The summed E-state index contributed by atoms with van der Waals surface area (Å²) in [5.74, 6) is 0. The van der Waals surface area contributed by atoms with Crippen molar-refractivity contribution in [1.29, 1.82) is 0 Å². The van der Waals surface area contributed by atoms with E-state index in [1.54, 1.807) is 24.3 Å². The Kier molecular flexibility index (Phi) is 5.17. The number of hydrogen-bond donors (Lipinski definition) is 1. The molecule has 0 aliphatic heterocycles. The van der Waals surface area contributed by atoms with Gasteiger partial charge in [-0.3, -0.25) is 4.90 Å². The molecule has 2 atom stereocenters. The molecule has 2 unspecified atom stereocenters. The van der Waals surface area contributed by atoms with Crippen LogP contribution in [0.2, 0.25) is 5.02 Å². The van der Waals surface area contributed by atoms with Gasteiger partial charge < -0.3 is 5.73 Å². The second-order valence-corrected chi connectivity index (χ2v) is 6.02. The van der Waals surface area contributed by atoms with E-state index in [1.807, 2.05) is 6.92 Å². The van der Waals surface area contributed by atoms with Gasteiger partial charge in [0.2, 0.25) is 0 Å². The molecule has 0 spiro atoms. The first-order valence-electron chi connectivity index (χ1n) is 7.15. The molecule has 1 saturated carbocycles. The molecule has 0 aromatic heterocycles. The van der Waals surface area contributed by atoms with Crippen LogP contribution in [-0.2, 0) is 0 Å². The number of hydrogen-bond acceptors (Lipinski definition) is 2. The Bertz CT molecular complexity index is 457. The van der Waals surface area contributed by atoms with E-state index in [9.17, 15) is 13.2 Å². The number of nitrogens with two attached hydrogens (primary N) is 1. The second-order valence-electron chi connectivity index (χ2n) is 5.59. The van der Waals surface area contributed by atoms with E-state index in [0.29, 0.717) is 11.4 Å². The Morgan fingerprint density at radius 1 is 1.29 bits per heavy atom. The van der Waals surface area contributed by atoms with Crippen LogP contribution in [0.25, 0.3) is 0 Å². The molecule has 0 saturated heterocycles. The van der Waals surface area contributed by atoms with Crippen molar-refractivity contribution in [1.82, 2.24) is 4.90 Å². The molecule has 0 amide bonds. The molecule has 1 aromatic rings. The van der Waals surface area contributed by atoms with Crippen LogP contribution in [0.15, 0.2) is 24.3 Å². The van der Waals surface area contributed by atoms with Crippen LogP contribution in [0, 0.1) is 0 Å². The maximum absolute atomic E-state index is 12.9. The third kappa shape index (κ3) is 4.59. The fourth-order valence-corrected chi connectivity index (χ4v) is 2.76. The normalized spacial score (nSPS) is 18.8. The van der Waals surface area contributed by atoms with Crippen molar-refractivity contribution in [2.75, 3.05) is 6.54 Å². The van der Waals surface area contributed by atoms with Crippen molar-refractivity contribution in [3.05, 3.63) is 34.9 Å². The van der Waals surface area contributed by atoms with Crippen LogP contribution < -0.4 is 5.73 Å². The number of halogens is 4. The zero-order valence-corrected chi connectivity index (χ0v) is 12.7. The Labute approximate surface area is 128 Å². The maximum atomic E-state index is 12.9. The predicted molar refractivity (Wildman–Crippen MR) is 78.2 cm³/mol. The van der Waals surface area contributed by atoms with Gasteiger partial charge in [-0.2, -0.15) is 13.2 Å². The van der Waals surface area contributed by atoms with Crippen molar-refractivity contribution < 1.29 is 13.2 Å². The number of nitrogens with zero attached hydrogens (tertiary/aromatic N) is 1. The van der Waals surface area contributed by atoms with E-state index in [2.05, 4.69) is 0 Å². The van der Waals surface area contributed by atoms with E-state index < -0.39 is 18.8 Å². The Morgan fingerprint density at radius 2 is 1.86 bits per heavy atom. The molecular weight excluding hydrogens is 301 g/mol. The number of rotatable bonds is 6. The zero-order chi connectivity index (χ0) is 15.6. The van der Waals surface area contributed by atoms with Gasteiger partial charge in [-0.15, -0.1) is 0 Å². The molecule has 118 valence electrons. The van der Waals surface area contributed by atoms with Crippen molar-refractivity contribution in [3.63, 3.8) is 0 Å². The van der Waals surface area contributed by atoms with Crippen molar-refractivity contribution in [2.45, 2.75) is 50.5 Å². The average molecular weight is 321 g/mol. The minimum atomic E-state index is -4.22. The molecule has 1 aliphatic rings. The smallest absolute Gasteiger partial charge is 0.326 e. The third-order valence-corrected chi connectivity index (χ3v) is 4.08. The summed E-state index contributed by atoms with van der Waals surface area (Å²) >= 11 is 5.87. The molecule has 1 fully saturated rings. The van der Waals surface area contributed by atoms with Gasteiger partial charge >= 0.3 is 6.18 Å². The summed E-state index contributed by atoms with van der Waals surface area (Å²) in [6, 6.07) is 6.15. The van der Waals surface area contributed by atoms with Gasteiger partial charge in [0.25, 0.3) is 0 Å². The van der Waals surface area contributed by atoms with E-state index in [1.165, 1.54) is 4.90 Å². The third-order valence-electron chi connectivity index (χ3n) is 3.82. The molecule has 0 radical (unpaired) electrons. The van der Waals surface area contributed by atoms with Gasteiger partial charge in [0.05, 0.1) is 12.6 Å². The Morgan fingerprint density at radius 3 is 2.29 bits per heavy atom. The number of benzene rings is 1. The van der Waals surface area contributed by atoms with Crippen LogP contribution in [0.3, 0.4) is 0 Å². The highest BCUT2D eigenvalue weighted by Crippen LogP contribution is 2.38. The summed E-state index contributed by atoms with van der Waals surface area (Å²) in [5.41, 5.74) is 6.93. The van der Waals surface area contributed by atoms with E-state index in [-0.39, 0.29) is 12.1 Å². The van der Waals surface area contributed by atoms with Crippen LogP contribution in [-0.4, -0.2) is 29.7 Å². The summed E-state index contributed by atoms with van der Waals surface area (Å²) in [6.45, 7) is 0.977. The average Bonchev–Trinajstić information content (AvgIpc) is 3.22. The van der Waals surface area contributed by atoms with Crippen LogP contribution >= 0.6 is 11.6 Å². The Hall–Kier alpha value is -0.780. The molecule has 2 N–H and O–H groups in total. The van der Waals surface area contributed by atoms with Gasteiger partial charge in [0.1, 0.15) is 0 Å². The summed E-state index contributed by atoms with van der Waals surface area (Å²) < 4.78 is 38.7. The SMILES string of the molecule is CCC(N)C(c1ccc(Cl)cc1)N(CC(F)(F)F)C1CC1. The van der Waals surface area contributed by atoms with Gasteiger partial charge in [0, 0.05) is 17.1 Å². The van der Waals surface area contributed by atoms with E-state index in [4.69, 9.17) is 17.3 Å². The minimum Gasteiger partial charge on any atom is -0.326 e. The van der Waals surface area contributed by atoms with Crippen LogP contribution in [0.4, 0.5) is 13.2 Å². The largest absolute Gasteiger partial charge is 0.401 e. The highest BCUT2D eigenvalue weighted by Gasteiger charge is 2.43. The van der Waals surface area contributed by atoms with E-state index in [0.717, 1.165) is 18.4 Å². The molecule has 6 heteroatoms. The van der Waals surface area contributed by atoms with Crippen LogP contribution in [0.1, 0.15) is 37.8 Å². The molecular formula is C15H20ClF3N2. The lowest BCUT2D eigenvalue weighted by molar-refractivity contribution is -0.153. The molecule has 1 aromatic carbocycles. The van der Waals surface area contributed by atoms with Crippen molar-refractivity contribution >= 4 is 11.6 Å². The lowest BCUT2D eigenvalue weighted by Gasteiger charge is -2.36. The van der Waals surface area contributed by atoms with Crippen molar-refractivity contribution in [3.8, 4) is 0 Å². The van der Waals surface area contributed by atoms with Gasteiger partial charge in [-0.25, -0.2) is 0 Å². The first-order valence-corrected chi connectivity index (χ1v) is 7.53. The second kappa shape index (κ2) is 6.55. The zero-order valence-electron chi connectivity index (χ0n) is 11.9. The van der Waals surface area contributed by atoms with Crippen molar-refractivity contribution in [2.24, 2.45) is 5.73 Å². The fraction of sp³-hybridized carbons (Fsp3) is 0.600. The highest BCUT2D eigenvalue weighted by molar-refractivity contribution is 6.30. The summed E-state index contributed by atoms with van der Waals surface area (Å²) in [4.78, 5) is 1.51. The molecule has 2 rings (SSSR count). The lowest BCUT2D eigenvalue weighted by Crippen LogP contribution is -2.46. The topological polar surface area (TPSA) is 29.3 Å². The van der Waals surface area contributed by atoms with E-state index >= 15 is 0 Å². The standard InChI is InChI=1S/C15H20ClF3N2/c1-2-13(20)14(10-3-5-11(16)6-4-10)21(12-7-8-12)9-15(17,18)19/h3-6,12-14H,2,7-9,20H2,1H3. The monoisotopic (exact) mass is 320 g/mol. The predicted octanol–water partition coefficient (Wildman–Crippen LogP) is 4.15. The van der Waals surface area contributed by atoms with Gasteiger partial charge in [0.15, 0.2) is 0 Å². The molecule has 2 nitrogen and oxygen atoms in total. The summed E-state index contributed by atoms with van der Waals surface area (Å²) in [7, 11) is 0. The number of alkyl halides is 3. The molecule has 0 bridgehead atoms. The molecule has 0 heterocycles. The lowest BCUT2D eigenvalue weighted by atomic mass is 9.96. The fourth-order valence-electron chi connectivity index (χ4n) is 2.64. The summed E-state index contributed by atoms with van der Waals surface area (Å²) in [6.07, 6.45) is -2.00. The van der Waals surface area contributed by atoms with Gasteiger partial charge in [-0.05, 0) is 37.0 Å². The van der Waals surface area contributed by atoms with Crippen LogP contribution in [0.5, 0.6) is 0 Å². The minimum absolute atomic E-state index is 0.0232. The Balaban J connectivity index is 2.30. The van der Waals surface area contributed by atoms with Gasteiger partial charge in [-0.1, -0.05) is 30.7 Å². The first-order chi connectivity index (χ1) is 9.81. The molecule has 21 heavy (non-hydrogen) atoms.